The highest BCUT2D eigenvalue weighted by Crippen LogP contribution is 2.37. The minimum atomic E-state index is -0.360. The molecule has 0 aliphatic heterocycles. The third-order valence-corrected chi connectivity index (χ3v) is 6.16. The number of nitro benzene ring substituents is 1. The van der Waals surface area contributed by atoms with E-state index in [4.69, 9.17) is 4.98 Å². The SMILES string of the molecule is O=[N+]([O-])c1ccc(C=C2CCCc3cc4c(nc32)C(=Cc2ccccc2)CCC4)cc1. The first-order valence-corrected chi connectivity index (χ1v) is 10.9. The Hall–Kier alpha value is -3.53. The maximum absolute atomic E-state index is 10.9. The summed E-state index contributed by atoms with van der Waals surface area (Å²) in [7, 11) is 0. The van der Waals surface area contributed by atoms with Crippen LogP contribution in [0.2, 0.25) is 0 Å². The van der Waals surface area contributed by atoms with Crippen LogP contribution in [0, 0.1) is 10.1 Å². The summed E-state index contributed by atoms with van der Waals surface area (Å²) in [6.07, 6.45) is 10.9. The molecular formula is C27H24N2O2. The maximum Gasteiger partial charge on any atom is 0.269 e. The molecule has 0 saturated heterocycles. The Morgan fingerprint density at radius 1 is 0.742 bits per heavy atom. The molecule has 3 aromatic rings. The monoisotopic (exact) mass is 408 g/mol. The molecule has 4 heteroatoms. The lowest BCUT2D eigenvalue weighted by Crippen LogP contribution is -2.12. The van der Waals surface area contributed by atoms with E-state index >= 15 is 0 Å². The van der Waals surface area contributed by atoms with Crippen molar-refractivity contribution in [1.29, 1.82) is 0 Å². The Morgan fingerprint density at radius 3 is 1.84 bits per heavy atom. The summed E-state index contributed by atoms with van der Waals surface area (Å²) in [6, 6.07) is 19.6. The highest BCUT2D eigenvalue weighted by Gasteiger charge is 2.22. The van der Waals surface area contributed by atoms with E-state index in [0.29, 0.717) is 0 Å². The van der Waals surface area contributed by atoms with Gasteiger partial charge in [0.2, 0.25) is 0 Å². The molecule has 0 spiro atoms. The summed E-state index contributed by atoms with van der Waals surface area (Å²) in [6.45, 7) is 0. The summed E-state index contributed by atoms with van der Waals surface area (Å²) in [5, 5.41) is 10.9. The fourth-order valence-corrected chi connectivity index (χ4v) is 4.64. The number of hydrogen-bond donors (Lipinski definition) is 0. The van der Waals surface area contributed by atoms with Crippen LogP contribution in [0.25, 0.3) is 23.3 Å². The maximum atomic E-state index is 10.9. The normalized spacial score (nSPS) is 17.9. The average Bonchev–Trinajstić information content (AvgIpc) is 2.79. The molecule has 0 radical (unpaired) electrons. The number of aryl methyl sites for hydroxylation is 2. The van der Waals surface area contributed by atoms with E-state index < -0.39 is 0 Å². The van der Waals surface area contributed by atoms with Crippen molar-refractivity contribution < 1.29 is 4.92 Å². The highest BCUT2D eigenvalue weighted by atomic mass is 16.6. The highest BCUT2D eigenvalue weighted by molar-refractivity contribution is 5.86. The molecule has 2 aliphatic rings. The van der Waals surface area contributed by atoms with Crippen molar-refractivity contribution in [3.05, 3.63) is 104 Å². The Morgan fingerprint density at radius 2 is 1.29 bits per heavy atom. The van der Waals surface area contributed by atoms with Crippen molar-refractivity contribution >= 4 is 29.0 Å². The number of nitro groups is 1. The van der Waals surface area contributed by atoms with Gasteiger partial charge in [-0.15, -0.1) is 0 Å². The Balaban J connectivity index is 1.55. The van der Waals surface area contributed by atoms with Crippen LogP contribution in [0.5, 0.6) is 0 Å². The fraction of sp³-hybridized carbons (Fsp3) is 0.222. The molecule has 0 fully saturated rings. The number of non-ortho nitro benzene ring substituents is 1. The van der Waals surface area contributed by atoms with Crippen LogP contribution in [-0.4, -0.2) is 9.91 Å². The van der Waals surface area contributed by atoms with Gasteiger partial charge >= 0.3 is 0 Å². The summed E-state index contributed by atoms with van der Waals surface area (Å²) in [5.74, 6) is 0. The van der Waals surface area contributed by atoms with Gasteiger partial charge in [-0.25, -0.2) is 4.98 Å². The summed E-state index contributed by atoms with van der Waals surface area (Å²) in [5.41, 5.74) is 9.80. The van der Waals surface area contributed by atoms with Crippen LogP contribution in [0.1, 0.15) is 59.3 Å². The van der Waals surface area contributed by atoms with E-state index in [1.807, 2.05) is 18.2 Å². The molecule has 0 unspecified atom stereocenters. The number of pyridine rings is 1. The van der Waals surface area contributed by atoms with Gasteiger partial charge in [0.15, 0.2) is 0 Å². The molecule has 0 atom stereocenters. The largest absolute Gasteiger partial charge is 0.269 e. The van der Waals surface area contributed by atoms with Crippen LogP contribution in [0.3, 0.4) is 0 Å². The summed E-state index contributed by atoms with van der Waals surface area (Å²) in [4.78, 5) is 15.8. The quantitative estimate of drug-likeness (QED) is 0.356. The third kappa shape index (κ3) is 4.06. The second-order valence-corrected chi connectivity index (χ2v) is 8.31. The predicted octanol–water partition coefficient (Wildman–Crippen LogP) is 6.74. The van der Waals surface area contributed by atoms with Gasteiger partial charge in [0.25, 0.3) is 5.69 Å². The second kappa shape index (κ2) is 8.31. The van der Waals surface area contributed by atoms with Gasteiger partial charge in [-0.2, -0.15) is 0 Å². The minimum Gasteiger partial charge on any atom is -0.258 e. The number of aromatic nitrogens is 1. The molecule has 1 aromatic heterocycles. The lowest BCUT2D eigenvalue weighted by molar-refractivity contribution is -0.384. The van der Waals surface area contributed by atoms with Crippen LogP contribution in [0.15, 0.2) is 60.7 Å². The lowest BCUT2D eigenvalue weighted by Gasteiger charge is -2.25. The van der Waals surface area contributed by atoms with Crippen molar-refractivity contribution in [2.75, 3.05) is 0 Å². The van der Waals surface area contributed by atoms with Crippen molar-refractivity contribution in [1.82, 2.24) is 4.98 Å². The number of hydrogen-bond acceptors (Lipinski definition) is 3. The summed E-state index contributed by atoms with van der Waals surface area (Å²) >= 11 is 0. The predicted molar refractivity (Wildman–Crippen MR) is 125 cm³/mol. The first kappa shape index (κ1) is 19.4. The Labute approximate surface area is 182 Å². The van der Waals surface area contributed by atoms with Crippen molar-refractivity contribution in [2.45, 2.75) is 38.5 Å². The third-order valence-electron chi connectivity index (χ3n) is 6.16. The minimum absolute atomic E-state index is 0.120. The number of benzene rings is 2. The van der Waals surface area contributed by atoms with Gasteiger partial charge in [0.1, 0.15) is 0 Å². The van der Waals surface area contributed by atoms with Gasteiger partial charge in [0, 0.05) is 12.1 Å². The molecule has 0 amide bonds. The van der Waals surface area contributed by atoms with Crippen LogP contribution < -0.4 is 0 Å². The molecule has 5 rings (SSSR count). The molecule has 0 bridgehead atoms. The van der Waals surface area contributed by atoms with Gasteiger partial charge in [-0.1, -0.05) is 36.4 Å². The number of rotatable bonds is 3. The van der Waals surface area contributed by atoms with E-state index in [2.05, 4.69) is 42.5 Å². The van der Waals surface area contributed by atoms with E-state index in [-0.39, 0.29) is 10.6 Å². The lowest BCUT2D eigenvalue weighted by atomic mass is 9.84. The second-order valence-electron chi connectivity index (χ2n) is 8.31. The number of nitrogens with zero attached hydrogens (tertiary/aromatic N) is 2. The van der Waals surface area contributed by atoms with Gasteiger partial charge in [-0.3, -0.25) is 10.1 Å². The average molecular weight is 409 g/mol. The van der Waals surface area contributed by atoms with Gasteiger partial charge in [-0.05, 0) is 96.2 Å². The molecular weight excluding hydrogens is 384 g/mol. The molecule has 31 heavy (non-hydrogen) atoms. The molecule has 0 N–H and O–H groups in total. The van der Waals surface area contributed by atoms with E-state index in [9.17, 15) is 10.1 Å². The van der Waals surface area contributed by atoms with Crippen LogP contribution >= 0.6 is 0 Å². The Kier molecular flexibility index (Phi) is 5.21. The van der Waals surface area contributed by atoms with Gasteiger partial charge in [0.05, 0.1) is 16.3 Å². The molecule has 2 aliphatic carbocycles. The zero-order valence-electron chi connectivity index (χ0n) is 17.4. The zero-order valence-corrected chi connectivity index (χ0v) is 17.4. The zero-order chi connectivity index (χ0) is 21.2. The molecule has 154 valence electrons. The first-order valence-electron chi connectivity index (χ1n) is 10.9. The van der Waals surface area contributed by atoms with Gasteiger partial charge < -0.3 is 0 Å². The topological polar surface area (TPSA) is 56.0 Å². The van der Waals surface area contributed by atoms with Crippen molar-refractivity contribution in [2.24, 2.45) is 0 Å². The fourth-order valence-electron chi connectivity index (χ4n) is 4.64. The number of allylic oxidation sites excluding steroid dienone is 2. The van der Waals surface area contributed by atoms with Crippen molar-refractivity contribution in [3.63, 3.8) is 0 Å². The standard InChI is InChI=1S/C27H24N2O2/c30-29(31)25-14-12-20(13-15-25)17-22-9-5-11-24-18-23-10-4-8-21(26(23)28-27(22)24)16-19-6-2-1-3-7-19/h1-3,6-7,12-18H,4-5,8-11H2. The van der Waals surface area contributed by atoms with Crippen molar-refractivity contribution in [3.8, 4) is 0 Å². The molecule has 4 nitrogen and oxygen atoms in total. The van der Waals surface area contributed by atoms with E-state index in [1.54, 1.807) is 12.1 Å². The smallest absolute Gasteiger partial charge is 0.258 e. The summed E-state index contributed by atoms with van der Waals surface area (Å²) < 4.78 is 0. The van der Waals surface area contributed by atoms with Crippen LogP contribution in [-0.2, 0) is 12.8 Å². The van der Waals surface area contributed by atoms with Crippen LogP contribution in [0.4, 0.5) is 5.69 Å². The molecule has 2 aromatic carbocycles. The Bertz CT molecular complexity index is 1190. The molecule has 0 saturated carbocycles. The van der Waals surface area contributed by atoms with E-state index in [1.165, 1.54) is 27.8 Å². The molecule has 1 heterocycles. The van der Waals surface area contributed by atoms with E-state index in [0.717, 1.165) is 55.5 Å². The number of fused-ring (bicyclic) bond motifs is 2. The first-order chi connectivity index (χ1) is 15.2.